The summed E-state index contributed by atoms with van der Waals surface area (Å²) in [6.45, 7) is 1.26. The van der Waals surface area contributed by atoms with Crippen LogP contribution in [0, 0.1) is 5.92 Å². The molecule has 9 heteroatoms. The van der Waals surface area contributed by atoms with Gasteiger partial charge < -0.3 is 10.3 Å². The second kappa shape index (κ2) is 6.35. The van der Waals surface area contributed by atoms with Crippen molar-refractivity contribution in [2.45, 2.75) is 24.2 Å². The van der Waals surface area contributed by atoms with Crippen LogP contribution in [0.4, 0.5) is 0 Å². The monoisotopic (exact) mass is 330 g/mol. The van der Waals surface area contributed by atoms with E-state index in [1.165, 1.54) is 18.4 Å². The maximum Gasteiger partial charge on any atom is 0.330 e. The third kappa shape index (κ3) is 3.01. The maximum atomic E-state index is 12.7. The van der Waals surface area contributed by atoms with Crippen LogP contribution in [-0.4, -0.2) is 41.5 Å². The Hall–Kier alpha value is -1.45. The fraction of sp³-hybridized carbons (Fsp3) is 0.692. The molecule has 0 spiro atoms. The molecule has 0 amide bonds. The lowest BCUT2D eigenvalue weighted by molar-refractivity contribution is 0.258. The van der Waals surface area contributed by atoms with Gasteiger partial charge in [0.1, 0.15) is 0 Å². The lowest BCUT2D eigenvalue weighted by Crippen LogP contribution is -2.45. The van der Waals surface area contributed by atoms with Crippen LogP contribution in [0.25, 0.3) is 0 Å². The van der Waals surface area contributed by atoms with Gasteiger partial charge >= 0.3 is 5.69 Å². The van der Waals surface area contributed by atoms with E-state index in [1.54, 1.807) is 0 Å². The number of sulfonamides is 1. The van der Waals surface area contributed by atoms with Crippen LogP contribution < -0.4 is 17.0 Å². The van der Waals surface area contributed by atoms with Crippen molar-refractivity contribution in [2.75, 3.05) is 19.6 Å². The van der Waals surface area contributed by atoms with Gasteiger partial charge in [-0.25, -0.2) is 13.2 Å². The van der Waals surface area contributed by atoms with Gasteiger partial charge in [0, 0.05) is 33.4 Å². The molecule has 1 aromatic heterocycles. The van der Waals surface area contributed by atoms with Crippen molar-refractivity contribution in [1.82, 2.24) is 13.4 Å². The Kier molecular flexibility index (Phi) is 4.88. The molecule has 2 heterocycles. The van der Waals surface area contributed by atoms with E-state index in [1.807, 2.05) is 0 Å². The standard InChI is InChI=1S/C13H22N4O4S/c1-15-9-11(12(18)16(2)13(15)19)22(20,21)17-7-3-4-10(8-17)5-6-14/h9-10H,3-8,14H2,1-2H3. The maximum absolute atomic E-state index is 12.7. The minimum atomic E-state index is -3.91. The number of hydrogen-bond donors (Lipinski definition) is 1. The number of hydrogen-bond acceptors (Lipinski definition) is 5. The summed E-state index contributed by atoms with van der Waals surface area (Å²) in [6.07, 6.45) is 3.55. The van der Waals surface area contributed by atoms with Gasteiger partial charge in [0.2, 0.25) is 10.0 Å². The third-order valence-corrected chi connectivity index (χ3v) is 5.94. The molecular formula is C13H22N4O4S. The molecule has 1 fully saturated rings. The summed E-state index contributed by atoms with van der Waals surface area (Å²) in [6, 6.07) is 0. The van der Waals surface area contributed by atoms with Crippen molar-refractivity contribution < 1.29 is 8.42 Å². The molecule has 1 aromatic rings. The van der Waals surface area contributed by atoms with Gasteiger partial charge in [-0.05, 0) is 31.7 Å². The molecule has 1 saturated heterocycles. The summed E-state index contributed by atoms with van der Waals surface area (Å²) in [4.78, 5) is 23.5. The molecule has 22 heavy (non-hydrogen) atoms. The Morgan fingerprint density at radius 1 is 1.32 bits per heavy atom. The van der Waals surface area contributed by atoms with Crippen LogP contribution in [0.15, 0.2) is 20.7 Å². The van der Waals surface area contributed by atoms with Gasteiger partial charge in [-0.3, -0.25) is 9.36 Å². The van der Waals surface area contributed by atoms with Gasteiger partial charge in [-0.15, -0.1) is 0 Å². The SMILES string of the molecule is Cn1cc(S(=O)(=O)N2CCCC(CCN)C2)c(=O)n(C)c1=O. The predicted octanol–water partition coefficient (Wildman–Crippen LogP) is -1.17. The van der Waals surface area contributed by atoms with E-state index < -0.39 is 21.3 Å². The Bertz CT molecular complexity index is 763. The summed E-state index contributed by atoms with van der Waals surface area (Å²) in [5.74, 6) is 0.213. The number of aromatic nitrogens is 2. The first-order valence-electron chi connectivity index (χ1n) is 7.26. The molecule has 1 aliphatic heterocycles. The van der Waals surface area contributed by atoms with Crippen LogP contribution in [0.2, 0.25) is 0 Å². The van der Waals surface area contributed by atoms with E-state index in [2.05, 4.69) is 0 Å². The topological polar surface area (TPSA) is 107 Å². The van der Waals surface area contributed by atoms with Crippen LogP contribution in [0.5, 0.6) is 0 Å². The molecule has 0 aromatic carbocycles. The summed E-state index contributed by atoms with van der Waals surface area (Å²) in [7, 11) is -1.21. The molecule has 2 rings (SSSR count). The van der Waals surface area contributed by atoms with Crippen LogP contribution in [0.1, 0.15) is 19.3 Å². The van der Waals surface area contributed by atoms with Crippen molar-refractivity contribution >= 4 is 10.0 Å². The molecule has 1 atom stereocenters. The Balaban J connectivity index is 2.43. The average molecular weight is 330 g/mol. The molecule has 124 valence electrons. The van der Waals surface area contributed by atoms with Crippen molar-refractivity contribution in [2.24, 2.45) is 25.7 Å². The average Bonchev–Trinajstić information content (AvgIpc) is 2.49. The summed E-state index contributed by atoms with van der Waals surface area (Å²) >= 11 is 0. The number of rotatable bonds is 4. The smallest absolute Gasteiger partial charge is 0.330 e. The predicted molar refractivity (Wildman–Crippen MR) is 82.1 cm³/mol. The minimum Gasteiger partial charge on any atom is -0.330 e. The second-order valence-electron chi connectivity index (χ2n) is 5.70. The van der Waals surface area contributed by atoms with Gasteiger partial charge in [0.25, 0.3) is 5.56 Å². The van der Waals surface area contributed by atoms with Crippen LogP contribution in [-0.2, 0) is 24.1 Å². The second-order valence-corrected chi connectivity index (χ2v) is 7.61. The zero-order chi connectivity index (χ0) is 16.5. The van der Waals surface area contributed by atoms with Crippen LogP contribution in [0.3, 0.4) is 0 Å². The highest BCUT2D eigenvalue weighted by Gasteiger charge is 2.32. The number of aryl methyl sites for hydroxylation is 1. The molecular weight excluding hydrogens is 308 g/mol. The highest BCUT2D eigenvalue weighted by Crippen LogP contribution is 2.23. The van der Waals surface area contributed by atoms with E-state index in [9.17, 15) is 18.0 Å². The fourth-order valence-corrected chi connectivity index (χ4v) is 4.51. The van der Waals surface area contributed by atoms with Crippen molar-refractivity contribution in [3.05, 3.63) is 27.0 Å². The first-order chi connectivity index (χ1) is 10.3. The van der Waals surface area contributed by atoms with E-state index in [0.717, 1.165) is 34.6 Å². The first kappa shape index (κ1) is 16.9. The molecule has 2 N–H and O–H groups in total. The molecule has 8 nitrogen and oxygen atoms in total. The summed E-state index contributed by atoms with van der Waals surface area (Å²) < 4.78 is 28.7. The lowest BCUT2D eigenvalue weighted by atomic mass is 9.96. The van der Waals surface area contributed by atoms with Gasteiger partial charge in [-0.2, -0.15) is 4.31 Å². The quantitative estimate of drug-likeness (QED) is 0.749. The van der Waals surface area contributed by atoms with E-state index in [0.29, 0.717) is 19.6 Å². The molecule has 1 unspecified atom stereocenters. The molecule has 1 aliphatic rings. The number of nitrogens with zero attached hydrogens (tertiary/aromatic N) is 3. The highest BCUT2D eigenvalue weighted by molar-refractivity contribution is 7.89. The molecule has 0 bridgehead atoms. The Morgan fingerprint density at radius 2 is 2.00 bits per heavy atom. The lowest BCUT2D eigenvalue weighted by Gasteiger charge is -2.31. The van der Waals surface area contributed by atoms with E-state index >= 15 is 0 Å². The fourth-order valence-electron chi connectivity index (χ4n) is 2.81. The summed E-state index contributed by atoms with van der Waals surface area (Å²) in [5.41, 5.74) is 4.21. The molecule has 0 saturated carbocycles. The minimum absolute atomic E-state index is 0.213. The Labute approximate surface area is 129 Å². The van der Waals surface area contributed by atoms with Gasteiger partial charge in [0.15, 0.2) is 4.90 Å². The summed E-state index contributed by atoms with van der Waals surface area (Å²) in [5, 5.41) is 0. The third-order valence-electron chi connectivity index (χ3n) is 4.09. The Morgan fingerprint density at radius 3 is 2.64 bits per heavy atom. The highest BCUT2D eigenvalue weighted by atomic mass is 32.2. The molecule has 0 aliphatic carbocycles. The van der Waals surface area contributed by atoms with Crippen molar-refractivity contribution in [3.8, 4) is 0 Å². The zero-order valence-corrected chi connectivity index (χ0v) is 13.7. The largest absolute Gasteiger partial charge is 0.330 e. The van der Waals surface area contributed by atoms with Crippen molar-refractivity contribution in [1.29, 1.82) is 0 Å². The number of nitrogens with two attached hydrogens (primary N) is 1. The zero-order valence-electron chi connectivity index (χ0n) is 12.9. The van der Waals surface area contributed by atoms with Crippen molar-refractivity contribution in [3.63, 3.8) is 0 Å². The van der Waals surface area contributed by atoms with E-state index in [-0.39, 0.29) is 10.8 Å². The van der Waals surface area contributed by atoms with Gasteiger partial charge in [-0.1, -0.05) is 0 Å². The first-order valence-corrected chi connectivity index (χ1v) is 8.70. The van der Waals surface area contributed by atoms with E-state index in [4.69, 9.17) is 5.73 Å². The van der Waals surface area contributed by atoms with Crippen LogP contribution >= 0.6 is 0 Å². The normalized spacial score (nSPS) is 20.2. The van der Waals surface area contributed by atoms with Gasteiger partial charge in [0.05, 0.1) is 0 Å². The number of piperidine rings is 1. The molecule has 0 radical (unpaired) electrons.